The molecule has 0 aliphatic heterocycles. The standard InChI is InChI=1S/C37H46N2O9/c1-35-14-12-23(40)17-22(35)8-9-25-26-13-15-37(46,36(26,2)18-29(41)33(25)35)30(42)20-48-32(44)11-10-31(43)39-28(34(45)47-3)16-21-19-38-27-7-5-4-6-24(21)27/h4-7,17,19,25-26,28-29,33,38,41,46H,8-16,18,20H2,1-3H3,(H,39,43)/t25-,26-,28?,29-,33+,35-,36-,37-/m0/s1. The number of carbonyl (C=O) groups excluding carboxylic acids is 5. The van der Waals surface area contributed by atoms with E-state index in [0.717, 1.165) is 34.9 Å². The molecule has 3 saturated carbocycles. The molecule has 11 heteroatoms. The highest BCUT2D eigenvalue weighted by Crippen LogP contribution is 2.67. The number of ether oxygens (including phenoxy) is 2. The lowest BCUT2D eigenvalue weighted by Gasteiger charge is -2.60. The number of rotatable bonds is 10. The molecule has 1 aromatic carbocycles. The lowest BCUT2D eigenvalue weighted by molar-refractivity contribution is -0.184. The van der Waals surface area contributed by atoms with Crippen LogP contribution in [0.4, 0.5) is 0 Å². The molecule has 1 amide bonds. The van der Waals surface area contributed by atoms with Gasteiger partial charge in [-0.25, -0.2) is 4.79 Å². The van der Waals surface area contributed by atoms with Crippen LogP contribution in [0.3, 0.4) is 0 Å². The van der Waals surface area contributed by atoms with Crippen LogP contribution in [0.15, 0.2) is 42.1 Å². The molecule has 4 aliphatic carbocycles. The van der Waals surface area contributed by atoms with Crippen LogP contribution < -0.4 is 5.32 Å². The topological polar surface area (TPSA) is 172 Å². The van der Waals surface area contributed by atoms with Gasteiger partial charge in [0.05, 0.1) is 19.6 Å². The smallest absolute Gasteiger partial charge is 0.328 e. The summed E-state index contributed by atoms with van der Waals surface area (Å²) in [5.41, 5.74) is -0.109. The number of hydrogen-bond acceptors (Lipinski definition) is 9. The van der Waals surface area contributed by atoms with E-state index < -0.39 is 53.4 Å². The van der Waals surface area contributed by atoms with Crippen LogP contribution in [-0.2, 0) is 39.9 Å². The van der Waals surface area contributed by atoms with E-state index in [4.69, 9.17) is 9.47 Å². The maximum Gasteiger partial charge on any atom is 0.328 e. The molecule has 1 unspecified atom stereocenters. The number of H-pyrrole nitrogens is 1. The third kappa shape index (κ3) is 5.78. The maximum atomic E-state index is 13.6. The Balaban J connectivity index is 1.04. The minimum Gasteiger partial charge on any atom is -0.467 e. The normalized spacial score (nSPS) is 33.1. The second-order valence-corrected chi connectivity index (χ2v) is 14.8. The van der Waals surface area contributed by atoms with E-state index >= 15 is 0 Å². The van der Waals surface area contributed by atoms with Crippen molar-refractivity contribution in [2.45, 2.75) is 95.8 Å². The lowest BCUT2D eigenvalue weighted by atomic mass is 9.45. The van der Waals surface area contributed by atoms with Crippen molar-refractivity contribution in [2.75, 3.05) is 13.7 Å². The Labute approximate surface area is 279 Å². The van der Waals surface area contributed by atoms with Gasteiger partial charge in [0.1, 0.15) is 11.6 Å². The number of hydrogen-bond donors (Lipinski definition) is 4. The predicted molar refractivity (Wildman–Crippen MR) is 174 cm³/mol. The number of aromatic nitrogens is 1. The SMILES string of the molecule is COC(=O)C(Cc1c[nH]c2ccccc12)NC(=O)CCC(=O)OCC(=O)[C@@]1(O)CC[C@H]2[C@@H]3CCC4=CC(=O)CC[C@]4(C)[C@H]3[C@@H](O)C[C@@]21C. The van der Waals surface area contributed by atoms with E-state index in [0.29, 0.717) is 19.3 Å². The molecule has 0 bridgehead atoms. The molecule has 8 atom stereocenters. The van der Waals surface area contributed by atoms with Gasteiger partial charge >= 0.3 is 11.9 Å². The molecular formula is C37H46N2O9. The van der Waals surface area contributed by atoms with Crippen LogP contribution in [0.2, 0.25) is 0 Å². The van der Waals surface area contributed by atoms with Crippen molar-refractivity contribution < 1.29 is 43.7 Å². The van der Waals surface area contributed by atoms with Crippen molar-refractivity contribution >= 4 is 40.3 Å². The third-order valence-corrected chi connectivity index (χ3v) is 12.3. The molecule has 3 fully saturated rings. The van der Waals surface area contributed by atoms with Gasteiger partial charge in [-0.2, -0.15) is 0 Å². The van der Waals surface area contributed by atoms with Crippen molar-refractivity contribution in [3.05, 3.63) is 47.7 Å². The number of ketones is 2. The van der Waals surface area contributed by atoms with Crippen molar-refractivity contribution in [1.29, 1.82) is 0 Å². The van der Waals surface area contributed by atoms with Crippen molar-refractivity contribution in [1.82, 2.24) is 10.3 Å². The Kier molecular flexibility index (Phi) is 9.14. The third-order valence-electron chi connectivity index (χ3n) is 12.3. The predicted octanol–water partition coefficient (Wildman–Crippen LogP) is 3.49. The highest BCUT2D eigenvalue weighted by atomic mass is 16.5. The molecule has 4 aliphatic rings. The summed E-state index contributed by atoms with van der Waals surface area (Å²) in [5.74, 6) is -2.36. The van der Waals surface area contributed by atoms with Crippen LogP contribution in [0.25, 0.3) is 10.9 Å². The number of methoxy groups -OCH3 is 1. The molecule has 11 nitrogen and oxygen atoms in total. The summed E-state index contributed by atoms with van der Waals surface area (Å²) in [6, 6.07) is 6.62. The zero-order valence-electron chi connectivity index (χ0n) is 27.9. The fraction of sp³-hybridized carbons (Fsp3) is 0.595. The van der Waals surface area contributed by atoms with Crippen molar-refractivity contribution in [3.63, 3.8) is 0 Å². The first-order chi connectivity index (χ1) is 22.8. The van der Waals surface area contributed by atoms with E-state index in [1.165, 1.54) is 7.11 Å². The number of para-hydroxylation sites is 1. The van der Waals surface area contributed by atoms with Gasteiger partial charge in [-0.05, 0) is 79.4 Å². The Morgan fingerprint density at radius 2 is 1.85 bits per heavy atom. The number of aliphatic hydroxyl groups excluding tert-OH is 1. The minimum atomic E-state index is -1.77. The number of nitrogens with one attached hydrogen (secondary N) is 2. The Hall–Kier alpha value is -3.83. The van der Waals surface area contributed by atoms with E-state index in [1.807, 2.05) is 31.2 Å². The average molecular weight is 663 g/mol. The summed E-state index contributed by atoms with van der Waals surface area (Å²) < 4.78 is 10.2. The van der Waals surface area contributed by atoms with Gasteiger partial charge in [0.15, 0.2) is 12.4 Å². The number of aromatic amines is 1. The average Bonchev–Trinajstić information content (AvgIpc) is 3.59. The highest BCUT2D eigenvalue weighted by molar-refractivity contribution is 5.93. The summed E-state index contributed by atoms with van der Waals surface area (Å²) in [4.78, 5) is 66.7. The summed E-state index contributed by atoms with van der Waals surface area (Å²) in [5, 5.41) is 27.1. The molecule has 48 heavy (non-hydrogen) atoms. The Bertz CT molecular complexity index is 1660. The summed E-state index contributed by atoms with van der Waals surface area (Å²) in [7, 11) is 1.24. The number of benzene rings is 1. The van der Waals surface area contributed by atoms with Crippen LogP contribution in [0.5, 0.6) is 0 Å². The van der Waals surface area contributed by atoms with Crippen LogP contribution >= 0.6 is 0 Å². The number of esters is 2. The van der Waals surface area contributed by atoms with Crippen LogP contribution in [-0.4, -0.2) is 76.1 Å². The van der Waals surface area contributed by atoms with Crippen molar-refractivity contribution in [2.24, 2.45) is 28.6 Å². The van der Waals surface area contributed by atoms with Gasteiger partial charge in [-0.1, -0.05) is 37.6 Å². The number of Topliss-reactive ketones (excluding diaryl/α,β-unsaturated/α-hetero) is 1. The maximum absolute atomic E-state index is 13.6. The second kappa shape index (κ2) is 12.9. The Morgan fingerprint density at radius 3 is 2.62 bits per heavy atom. The molecule has 6 rings (SSSR count). The molecular weight excluding hydrogens is 616 g/mol. The fourth-order valence-electron chi connectivity index (χ4n) is 9.83. The van der Waals surface area contributed by atoms with Gasteiger partial charge in [0, 0.05) is 41.8 Å². The summed E-state index contributed by atoms with van der Waals surface area (Å²) in [6.07, 6.45) is 6.19. The Morgan fingerprint density at radius 1 is 1.08 bits per heavy atom. The monoisotopic (exact) mass is 662 g/mol. The van der Waals surface area contributed by atoms with E-state index in [1.54, 1.807) is 12.3 Å². The quantitative estimate of drug-likeness (QED) is 0.278. The van der Waals surface area contributed by atoms with E-state index in [2.05, 4.69) is 17.2 Å². The molecule has 1 heterocycles. The lowest BCUT2D eigenvalue weighted by Crippen LogP contribution is -2.62. The highest BCUT2D eigenvalue weighted by Gasteiger charge is 2.68. The minimum absolute atomic E-state index is 0.00210. The van der Waals surface area contributed by atoms with Gasteiger partial charge in [-0.15, -0.1) is 0 Å². The van der Waals surface area contributed by atoms with E-state index in [-0.39, 0.29) is 61.1 Å². The summed E-state index contributed by atoms with van der Waals surface area (Å²) >= 11 is 0. The van der Waals surface area contributed by atoms with Crippen molar-refractivity contribution in [3.8, 4) is 0 Å². The molecule has 2 aromatic rings. The number of fused-ring (bicyclic) bond motifs is 6. The van der Waals surface area contributed by atoms with Gasteiger partial charge in [0.2, 0.25) is 11.7 Å². The first kappa shape index (κ1) is 34.0. The second-order valence-electron chi connectivity index (χ2n) is 14.8. The molecule has 0 saturated heterocycles. The number of carbonyl (C=O) groups is 5. The zero-order valence-corrected chi connectivity index (χ0v) is 27.9. The first-order valence-corrected chi connectivity index (χ1v) is 17.1. The largest absolute Gasteiger partial charge is 0.467 e. The number of amides is 1. The summed E-state index contributed by atoms with van der Waals surface area (Å²) in [6.45, 7) is 3.39. The number of allylic oxidation sites excluding steroid dienone is 1. The fourth-order valence-corrected chi connectivity index (χ4v) is 9.83. The molecule has 1 aromatic heterocycles. The van der Waals surface area contributed by atoms with Gasteiger partial charge < -0.3 is 30.0 Å². The van der Waals surface area contributed by atoms with Gasteiger partial charge in [0.25, 0.3) is 0 Å². The molecule has 4 N–H and O–H groups in total. The van der Waals surface area contributed by atoms with Gasteiger partial charge in [-0.3, -0.25) is 19.2 Å². The molecule has 0 radical (unpaired) electrons. The molecule has 258 valence electrons. The van der Waals surface area contributed by atoms with E-state index in [9.17, 15) is 34.2 Å². The number of aliphatic hydroxyl groups is 2. The zero-order chi connectivity index (χ0) is 34.4. The van der Waals surface area contributed by atoms with Crippen LogP contribution in [0, 0.1) is 28.6 Å². The first-order valence-electron chi connectivity index (χ1n) is 17.1. The van der Waals surface area contributed by atoms with Crippen LogP contribution in [0.1, 0.15) is 77.2 Å². The molecule has 0 spiro atoms.